The van der Waals surface area contributed by atoms with E-state index in [0.29, 0.717) is 17.9 Å². The third kappa shape index (κ3) is 2.86. The van der Waals surface area contributed by atoms with E-state index in [1.54, 1.807) is 4.68 Å². The molecule has 0 unspecified atom stereocenters. The lowest BCUT2D eigenvalue weighted by Gasteiger charge is -2.54. The van der Waals surface area contributed by atoms with Crippen molar-refractivity contribution in [3.05, 3.63) is 47.8 Å². The molecular formula is C25H28N4O. The number of nitrogens with one attached hydrogen (secondary N) is 1. The van der Waals surface area contributed by atoms with E-state index < -0.39 is 0 Å². The SMILES string of the molecule is Cc1nn(C)cc1-c1cc(C(=O)NC2C3CC4CC(C3)CC2C4)c2ccccc2n1. The molecule has 4 fully saturated rings. The number of pyridine rings is 1. The summed E-state index contributed by atoms with van der Waals surface area (Å²) in [6.45, 7) is 1.99. The topological polar surface area (TPSA) is 59.8 Å². The number of nitrogens with zero attached hydrogens (tertiary/aromatic N) is 3. The monoisotopic (exact) mass is 400 g/mol. The van der Waals surface area contributed by atoms with Crippen molar-refractivity contribution in [2.75, 3.05) is 0 Å². The van der Waals surface area contributed by atoms with E-state index in [1.807, 2.05) is 50.5 Å². The van der Waals surface area contributed by atoms with Crippen LogP contribution in [0.25, 0.3) is 22.2 Å². The third-order valence-electron chi connectivity index (χ3n) is 7.77. The van der Waals surface area contributed by atoms with E-state index in [-0.39, 0.29) is 5.91 Å². The predicted molar refractivity (Wildman–Crippen MR) is 117 cm³/mol. The van der Waals surface area contributed by atoms with Gasteiger partial charge in [-0.05, 0) is 74.8 Å². The minimum atomic E-state index is 0.0499. The highest BCUT2D eigenvalue weighted by Gasteiger charge is 2.48. The third-order valence-corrected chi connectivity index (χ3v) is 7.77. The van der Waals surface area contributed by atoms with Crippen molar-refractivity contribution in [3.63, 3.8) is 0 Å². The summed E-state index contributed by atoms with van der Waals surface area (Å²) in [5.74, 6) is 3.19. The van der Waals surface area contributed by atoms with Gasteiger partial charge < -0.3 is 5.32 Å². The minimum Gasteiger partial charge on any atom is -0.349 e. The molecule has 5 heteroatoms. The summed E-state index contributed by atoms with van der Waals surface area (Å²) in [6, 6.07) is 10.3. The van der Waals surface area contributed by atoms with Crippen molar-refractivity contribution < 1.29 is 4.79 Å². The Balaban J connectivity index is 1.38. The summed E-state index contributed by atoms with van der Waals surface area (Å²) in [6.07, 6.45) is 8.61. The minimum absolute atomic E-state index is 0.0499. The molecule has 0 atom stereocenters. The van der Waals surface area contributed by atoms with E-state index in [0.717, 1.165) is 45.3 Å². The molecule has 2 aromatic heterocycles. The molecule has 4 saturated carbocycles. The van der Waals surface area contributed by atoms with Gasteiger partial charge in [-0.15, -0.1) is 0 Å². The molecule has 4 aliphatic carbocycles. The Morgan fingerprint density at radius 3 is 2.43 bits per heavy atom. The first-order valence-corrected chi connectivity index (χ1v) is 11.3. The molecule has 1 aromatic carbocycles. The van der Waals surface area contributed by atoms with Crippen LogP contribution in [0.4, 0.5) is 0 Å². The number of carbonyl (C=O) groups excluding carboxylic acids is 1. The number of hydrogen-bond acceptors (Lipinski definition) is 3. The highest BCUT2D eigenvalue weighted by molar-refractivity contribution is 6.07. The molecule has 4 bridgehead atoms. The van der Waals surface area contributed by atoms with Gasteiger partial charge in [-0.3, -0.25) is 9.48 Å². The van der Waals surface area contributed by atoms with Gasteiger partial charge in [0.15, 0.2) is 0 Å². The number of fused-ring (bicyclic) bond motifs is 1. The van der Waals surface area contributed by atoms with E-state index in [1.165, 1.54) is 32.1 Å². The zero-order valence-electron chi connectivity index (χ0n) is 17.6. The van der Waals surface area contributed by atoms with Gasteiger partial charge in [-0.25, -0.2) is 4.98 Å². The molecule has 0 radical (unpaired) electrons. The van der Waals surface area contributed by atoms with Gasteiger partial charge in [0.05, 0.1) is 22.5 Å². The molecule has 5 nitrogen and oxygen atoms in total. The molecular weight excluding hydrogens is 372 g/mol. The summed E-state index contributed by atoms with van der Waals surface area (Å²) in [5, 5.41) is 8.86. The Morgan fingerprint density at radius 2 is 1.77 bits per heavy atom. The van der Waals surface area contributed by atoms with Crippen LogP contribution in [0.2, 0.25) is 0 Å². The Morgan fingerprint density at radius 1 is 1.07 bits per heavy atom. The average Bonchev–Trinajstić information content (AvgIpc) is 3.07. The molecule has 30 heavy (non-hydrogen) atoms. The first kappa shape index (κ1) is 18.1. The van der Waals surface area contributed by atoms with Crippen molar-refractivity contribution in [3.8, 4) is 11.3 Å². The highest BCUT2D eigenvalue weighted by atomic mass is 16.1. The lowest BCUT2D eigenvalue weighted by Crippen LogP contribution is -2.55. The molecule has 0 saturated heterocycles. The fourth-order valence-corrected chi connectivity index (χ4v) is 6.74. The molecule has 0 spiro atoms. The molecule has 4 aliphatic rings. The number of aromatic nitrogens is 3. The number of amides is 1. The van der Waals surface area contributed by atoms with Crippen LogP contribution in [0.5, 0.6) is 0 Å². The highest BCUT2D eigenvalue weighted by Crippen LogP contribution is 2.53. The number of aryl methyl sites for hydroxylation is 2. The zero-order chi connectivity index (χ0) is 20.4. The van der Waals surface area contributed by atoms with Gasteiger partial charge in [0.1, 0.15) is 0 Å². The number of para-hydroxylation sites is 1. The molecule has 7 rings (SSSR count). The normalized spacial score (nSPS) is 29.5. The second-order valence-corrected chi connectivity index (χ2v) is 9.80. The molecule has 0 aliphatic heterocycles. The van der Waals surface area contributed by atoms with Crippen LogP contribution in [0, 0.1) is 30.6 Å². The van der Waals surface area contributed by atoms with Crippen LogP contribution in [-0.4, -0.2) is 26.7 Å². The van der Waals surface area contributed by atoms with Crippen molar-refractivity contribution in [2.45, 2.75) is 45.1 Å². The van der Waals surface area contributed by atoms with Gasteiger partial charge in [0.25, 0.3) is 5.91 Å². The average molecular weight is 401 g/mol. The van der Waals surface area contributed by atoms with E-state index in [9.17, 15) is 4.79 Å². The molecule has 1 N–H and O–H groups in total. The summed E-state index contributed by atoms with van der Waals surface area (Å²) < 4.78 is 1.80. The quantitative estimate of drug-likeness (QED) is 0.704. The number of rotatable bonds is 3. The largest absolute Gasteiger partial charge is 0.349 e. The van der Waals surface area contributed by atoms with Crippen molar-refractivity contribution in [1.82, 2.24) is 20.1 Å². The fourth-order valence-electron chi connectivity index (χ4n) is 6.74. The van der Waals surface area contributed by atoms with Gasteiger partial charge in [-0.2, -0.15) is 5.10 Å². The maximum absolute atomic E-state index is 13.6. The summed E-state index contributed by atoms with van der Waals surface area (Å²) in [5.41, 5.74) is 4.30. The number of carbonyl (C=O) groups is 1. The second kappa shape index (κ2) is 6.66. The molecule has 1 amide bonds. The number of hydrogen-bond donors (Lipinski definition) is 1. The Labute approximate surface area is 176 Å². The van der Waals surface area contributed by atoms with Crippen LogP contribution in [0.15, 0.2) is 36.5 Å². The van der Waals surface area contributed by atoms with Gasteiger partial charge >= 0.3 is 0 Å². The van der Waals surface area contributed by atoms with E-state index in [4.69, 9.17) is 4.98 Å². The summed E-state index contributed by atoms with van der Waals surface area (Å²) in [4.78, 5) is 18.4. The smallest absolute Gasteiger partial charge is 0.252 e. The maximum Gasteiger partial charge on any atom is 0.252 e. The molecule has 2 heterocycles. The van der Waals surface area contributed by atoms with Gasteiger partial charge in [0, 0.05) is 30.2 Å². The maximum atomic E-state index is 13.6. The van der Waals surface area contributed by atoms with Gasteiger partial charge in [0.2, 0.25) is 0 Å². The summed E-state index contributed by atoms with van der Waals surface area (Å²) >= 11 is 0. The van der Waals surface area contributed by atoms with Gasteiger partial charge in [-0.1, -0.05) is 18.2 Å². The second-order valence-electron chi connectivity index (χ2n) is 9.80. The Kier molecular flexibility index (Phi) is 4.02. The Hall–Kier alpha value is -2.69. The van der Waals surface area contributed by atoms with Crippen LogP contribution >= 0.6 is 0 Å². The Bertz CT molecular complexity index is 1120. The van der Waals surface area contributed by atoms with Crippen molar-refractivity contribution in [2.24, 2.45) is 30.7 Å². The predicted octanol–water partition coefficient (Wildman–Crippen LogP) is 4.50. The van der Waals surface area contributed by atoms with E-state index >= 15 is 0 Å². The molecule has 154 valence electrons. The van der Waals surface area contributed by atoms with Crippen LogP contribution in [-0.2, 0) is 7.05 Å². The summed E-state index contributed by atoms with van der Waals surface area (Å²) in [7, 11) is 1.91. The van der Waals surface area contributed by atoms with Crippen LogP contribution in [0.1, 0.15) is 48.2 Å². The van der Waals surface area contributed by atoms with Crippen LogP contribution < -0.4 is 5.32 Å². The molecule has 3 aromatic rings. The standard InChI is InChI=1S/C25H28N4O/c1-14-21(13-29(2)28-14)23-12-20(19-5-3-4-6-22(19)26-23)25(30)27-24-17-8-15-7-16(10-17)11-18(24)9-15/h3-6,12-13,15-18,24H,7-11H2,1-2H3,(H,27,30). The number of benzene rings is 1. The van der Waals surface area contributed by atoms with Crippen LogP contribution in [0.3, 0.4) is 0 Å². The first-order valence-electron chi connectivity index (χ1n) is 11.3. The van der Waals surface area contributed by atoms with Crippen molar-refractivity contribution >= 4 is 16.8 Å². The lowest BCUT2D eigenvalue weighted by molar-refractivity contribution is -0.0119. The lowest BCUT2D eigenvalue weighted by atomic mass is 9.54. The van der Waals surface area contributed by atoms with E-state index in [2.05, 4.69) is 10.4 Å². The fraction of sp³-hybridized carbons (Fsp3) is 0.480. The first-order chi connectivity index (χ1) is 14.5. The zero-order valence-corrected chi connectivity index (χ0v) is 17.6. The van der Waals surface area contributed by atoms with Crippen molar-refractivity contribution in [1.29, 1.82) is 0 Å².